The van der Waals surface area contributed by atoms with E-state index in [-0.39, 0.29) is 17.7 Å². The zero-order valence-electron chi connectivity index (χ0n) is 12.3. The van der Waals surface area contributed by atoms with Crippen molar-refractivity contribution >= 4 is 5.78 Å². The quantitative estimate of drug-likeness (QED) is 0.856. The molecule has 0 bridgehead atoms. The molecule has 2 unspecified atom stereocenters. The molecule has 2 nitrogen and oxygen atoms in total. The second kappa shape index (κ2) is 6.02. The minimum absolute atomic E-state index is 0.113. The fourth-order valence-electron chi connectivity index (χ4n) is 2.37. The Morgan fingerprint density at radius 1 is 1.05 bits per heavy atom. The summed E-state index contributed by atoms with van der Waals surface area (Å²) < 4.78 is 0. The minimum Gasteiger partial charge on any atom is -0.323 e. The first kappa shape index (κ1) is 14.5. The third-order valence-electron chi connectivity index (χ3n) is 3.80. The number of aryl methyl sites for hydroxylation is 2. The molecule has 0 aliphatic carbocycles. The summed E-state index contributed by atoms with van der Waals surface area (Å²) in [5.41, 5.74) is 10.1. The third kappa shape index (κ3) is 2.97. The van der Waals surface area contributed by atoms with E-state index in [0.717, 1.165) is 22.3 Å². The summed E-state index contributed by atoms with van der Waals surface area (Å²) in [6, 6.07) is 15.5. The van der Waals surface area contributed by atoms with Crippen LogP contribution in [-0.4, -0.2) is 5.78 Å². The van der Waals surface area contributed by atoms with Crippen LogP contribution in [0.15, 0.2) is 48.5 Å². The van der Waals surface area contributed by atoms with E-state index in [2.05, 4.69) is 0 Å². The normalized spacial score (nSPS) is 13.8. The van der Waals surface area contributed by atoms with Gasteiger partial charge in [0.2, 0.25) is 0 Å². The first-order valence-electron chi connectivity index (χ1n) is 6.92. The summed E-state index contributed by atoms with van der Waals surface area (Å²) in [6.07, 6.45) is 0. The molecule has 0 heterocycles. The molecule has 0 aliphatic rings. The van der Waals surface area contributed by atoms with Gasteiger partial charge in [-0.15, -0.1) is 0 Å². The predicted molar refractivity (Wildman–Crippen MR) is 82.8 cm³/mol. The first-order chi connectivity index (χ1) is 9.50. The van der Waals surface area contributed by atoms with Crippen molar-refractivity contribution in [2.45, 2.75) is 26.8 Å². The molecule has 20 heavy (non-hydrogen) atoms. The molecule has 2 N–H and O–H groups in total. The highest BCUT2D eigenvalue weighted by Gasteiger charge is 2.24. The molecule has 0 saturated heterocycles. The number of benzene rings is 2. The lowest BCUT2D eigenvalue weighted by Gasteiger charge is -2.20. The molecule has 0 saturated carbocycles. The lowest BCUT2D eigenvalue weighted by Crippen LogP contribution is -2.26. The second-order valence-electron chi connectivity index (χ2n) is 5.41. The largest absolute Gasteiger partial charge is 0.323 e. The summed E-state index contributed by atoms with van der Waals surface area (Å²) >= 11 is 0. The lowest BCUT2D eigenvalue weighted by atomic mass is 9.87. The van der Waals surface area contributed by atoms with Gasteiger partial charge < -0.3 is 5.73 Å². The van der Waals surface area contributed by atoms with Gasteiger partial charge >= 0.3 is 0 Å². The first-order valence-corrected chi connectivity index (χ1v) is 6.92. The van der Waals surface area contributed by atoms with Crippen molar-refractivity contribution in [3.63, 3.8) is 0 Å². The van der Waals surface area contributed by atoms with Crippen LogP contribution in [0, 0.1) is 19.8 Å². The van der Waals surface area contributed by atoms with Crippen molar-refractivity contribution in [2.24, 2.45) is 11.7 Å². The highest BCUT2D eigenvalue weighted by atomic mass is 16.1. The SMILES string of the molecule is Cc1ccc(C)c(C(=O)C(C)C(N)c2ccccc2)c1. The maximum atomic E-state index is 12.7. The average Bonchev–Trinajstić information content (AvgIpc) is 2.48. The fourth-order valence-corrected chi connectivity index (χ4v) is 2.37. The molecule has 0 aliphatic heterocycles. The van der Waals surface area contributed by atoms with E-state index in [9.17, 15) is 4.79 Å². The fraction of sp³-hybridized carbons (Fsp3) is 0.278. The lowest BCUT2D eigenvalue weighted by molar-refractivity contribution is 0.0912. The monoisotopic (exact) mass is 267 g/mol. The number of nitrogens with two attached hydrogens (primary N) is 1. The highest BCUT2D eigenvalue weighted by Crippen LogP contribution is 2.24. The van der Waals surface area contributed by atoms with E-state index < -0.39 is 0 Å². The van der Waals surface area contributed by atoms with Crippen molar-refractivity contribution in [1.29, 1.82) is 0 Å². The van der Waals surface area contributed by atoms with E-state index in [0.29, 0.717) is 0 Å². The van der Waals surface area contributed by atoms with Gasteiger partial charge in [0.25, 0.3) is 0 Å². The Balaban J connectivity index is 2.27. The van der Waals surface area contributed by atoms with Gasteiger partial charge in [-0.25, -0.2) is 0 Å². The zero-order chi connectivity index (χ0) is 14.7. The summed E-state index contributed by atoms with van der Waals surface area (Å²) in [4.78, 5) is 12.7. The Kier molecular flexibility index (Phi) is 4.35. The van der Waals surface area contributed by atoms with Crippen LogP contribution in [0.4, 0.5) is 0 Å². The van der Waals surface area contributed by atoms with Crippen molar-refractivity contribution < 1.29 is 4.79 Å². The van der Waals surface area contributed by atoms with Crippen molar-refractivity contribution in [1.82, 2.24) is 0 Å². The molecule has 0 fully saturated rings. The topological polar surface area (TPSA) is 43.1 Å². The molecule has 0 spiro atoms. The van der Waals surface area contributed by atoms with Crippen LogP contribution >= 0.6 is 0 Å². The van der Waals surface area contributed by atoms with Crippen LogP contribution < -0.4 is 5.73 Å². The van der Waals surface area contributed by atoms with E-state index in [4.69, 9.17) is 5.73 Å². The number of ketones is 1. The highest BCUT2D eigenvalue weighted by molar-refractivity contribution is 5.99. The molecule has 0 radical (unpaired) electrons. The van der Waals surface area contributed by atoms with E-state index in [1.807, 2.05) is 69.3 Å². The van der Waals surface area contributed by atoms with Crippen LogP contribution in [0.5, 0.6) is 0 Å². The minimum atomic E-state index is -0.274. The van der Waals surface area contributed by atoms with Crippen LogP contribution in [0.2, 0.25) is 0 Å². The molecule has 2 atom stereocenters. The molecule has 0 amide bonds. The van der Waals surface area contributed by atoms with Gasteiger partial charge in [-0.3, -0.25) is 4.79 Å². The number of Topliss-reactive ketones (excluding diaryl/α,β-unsaturated/α-hetero) is 1. The average molecular weight is 267 g/mol. The summed E-state index contributed by atoms with van der Waals surface area (Å²) in [5, 5.41) is 0. The maximum absolute atomic E-state index is 12.7. The number of carbonyl (C=O) groups is 1. The molecular formula is C18H21NO. The smallest absolute Gasteiger partial charge is 0.167 e. The second-order valence-corrected chi connectivity index (χ2v) is 5.41. The van der Waals surface area contributed by atoms with Crippen molar-refractivity contribution in [3.05, 3.63) is 70.8 Å². The summed E-state index contributed by atoms with van der Waals surface area (Å²) in [6.45, 7) is 5.87. The maximum Gasteiger partial charge on any atom is 0.167 e. The summed E-state index contributed by atoms with van der Waals surface area (Å²) in [5.74, 6) is -0.125. The molecular weight excluding hydrogens is 246 g/mol. The molecule has 2 aromatic rings. The van der Waals surface area contributed by atoms with Gasteiger partial charge in [0, 0.05) is 17.5 Å². The molecule has 2 rings (SSSR count). The standard InChI is InChI=1S/C18H21NO/c1-12-9-10-13(2)16(11-12)18(20)14(3)17(19)15-7-5-4-6-8-15/h4-11,14,17H,19H2,1-3H3. The van der Waals surface area contributed by atoms with Crippen LogP contribution in [0.3, 0.4) is 0 Å². The predicted octanol–water partition coefficient (Wildman–Crippen LogP) is 3.82. The van der Waals surface area contributed by atoms with Gasteiger partial charge in [-0.1, -0.05) is 55.0 Å². The zero-order valence-corrected chi connectivity index (χ0v) is 12.3. The third-order valence-corrected chi connectivity index (χ3v) is 3.80. The molecule has 0 aromatic heterocycles. The Morgan fingerprint density at radius 2 is 1.70 bits per heavy atom. The van der Waals surface area contributed by atoms with Gasteiger partial charge in [0.05, 0.1) is 0 Å². The Labute approximate surface area is 120 Å². The number of hydrogen-bond donors (Lipinski definition) is 1. The van der Waals surface area contributed by atoms with E-state index in [1.54, 1.807) is 0 Å². The number of hydrogen-bond acceptors (Lipinski definition) is 2. The molecule has 104 valence electrons. The van der Waals surface area contributed by atoms with Crippen LogP contribution in [0.25, 0.3) is 0 Å². The van der Waals surface area contributed by atoms with Gasteiger partial charge in [0.1, 0.15) is 0 Å². The Bertz CT molecular complexity index is 604. The molecule has 2 aromatic carbocycles. The Hall–Kier alpha value is -1.93. The number of carbonyl (C=O) groups excluding carboxylic acids is 1. The van der Waals surface area contributed by atoms with Gasteiger partial charge in [0.15, 0.2) is 5.78 Å². The number of rotatable bonds is 4. The Morgan fingerprint density at radius 3 is 2.35 bits per heavy atom. The van der Waals surface area contributed by atoms with Crippen molar-refractivity contribution in [3.8, 4) is 0 Å². The van der Waals surface area contributed by atoms with Crippen molar-refractivity contribution in [2.75, 3.05) is 0 Å². The van der Waals surface area contributed by atoms with Gasteiger partial charge in [-0.2, -0.15) is 0 Å². The van der Waals surface area contributed by atoms with E-state index >= 15 is 0 Å². The summed E-state index contributed by atoms with van der Waals surface area (Å²) in [7, 11) is 0. The van der Waals surface area contributed by atoms with Crippen LogP contribution in [-0.2, 0) is 0 Å². The van der Waals surface area contributed by atoms with Crippen LogP contribution in [0.1, 0.15) is 40.0 Å². The van der Waals surface area contributed by atoms with Gasteiger partial charge in [-0.05, 0) is 31.0 Å². The van der Waals surface area contributed by atoms with E-state index in [1.165, 1.54) is 0 Å². The molecule has 2 heteroatoms.